The molecule has 4 saturated carbocycles. The van der Waals surface area contributed by atoms with Crippen molar-refractivity contribution in [2.45, 2.75) is 41.3 Å². The van der Waals surface area contributed by atoms with Crippen LogP contribution in [0.4, 0.5) is 0 Å². The van der Waals surface area contributed by atoms with Crippen LogP contribution in [0.1, 0.15) is 32.1 Å². The normalized spacial score (nSPS) is 48.7. The van der Waals surface area contributed by atoms with Crippen LogP contribution in [-0.2, 0) is 14.5 Å². The second kappa shape index (κ2) is 4.57. The molecule has 4 rings (SSSR count). The second-order valence-corrected chi connectivity index (χ2v) is 10.2. The van der Waals surface area contributed by atoms with E-state index in [2.05, 4.69) is 20.7 Å². The number of hydrogen-bond donors (Lipinski definition) is 1. The Bertz CT molecular complexity index is 447. The molecule has 3 atom stereocenters. The maximum Gasteiger partial charge on any atom is 0.335 e. The van der Waals surface area contributed by atoms with E-state index in [0.29, 0.717) is 11.8 Å². The Hall–Kier alpha value is 0.640. The zero-order valence-corrected chi connectivity index (χ0v) is 14.0. The first-order valence-electron chi connectivity index (χ1n) is 6.72. The average Bonchev–Trinajstić information content (AvgIpc) is 2.24. The Kier molecular flexibility index (Phi) is 3.50. The van der Waals surface area contributed by atoms with Gasteiger partial charge < -0.3 is 0 Å². The minimum atomic E-state index is -3.64. The van der Waals surface area contributed by atoms with Crippen molar-refractivity contribution in [1.82, 2.24) is 4.72 Å². The number of alkyl halides is 2. The molecule has 0 aliphatic heterocycles. The lowest BCUT2D eigenvalue weighted by molar-refractivity contribution is -0.0139. The van der Waals surface area contributed by atoms with E-state index in [1.54, 1.807) is 0 Å². The number of hydrogen-bond acceptors (Lipinski definition) is 3. The third-order valence-electron chi connectivity index (χ3n) is 5.07. The fraction of sp³-hybridized carbons (Fsp3) is 1.00. The topological polar surface area (TPSA) is 55.4 Å². The zero-order chi connectivity index (χ0) is 13.9. The molecule has 4 nitrogen and oxygen atoms in total. The molecule has 0 aromatic carbocycles. The quantitative estimate of drug-likeness (QED) is 0.771. The highest BCUT2D eigenvalue weighted by Gasteiger charge is 2.62. The number of halogens is 2. The lowest BCUT2D eigenvalue weighted by Gasteiger charge is -2.62. The molecule has 4 fully saturated rings. The van der Waals surface area contributed by atoms with Crippen molar-refractivity contribution in [3.05, 3.63) is 0 Å². The highest BCUT2D eigenvalue weighted by Crippen LogP contribution is 2.65. The molecule has 0 spiro atoms. The van der Waals surface area contributed by atoms with Crippen LogP contribution in [0.15, 0.2) is 0 Å². The molecular weight excluding hydrogens is 354 g/mol. The van der Waals surface area contributed by atoms with Crippen LogP contribution in [0.2, 0.25) is 0 Å². The largest absolute Gasteiger partial charge is 0.335 e. The van der Waals surface area contributed by atoms with Gasteiger partial charge in [0.05, 0.1) is 11.5 Å². The van der Waals surface area contributed by atoms with Crippen LogP contribution in [-0.4, -0.2) is 31.3 Å². The molecule has 3 unspecified atom stereocenters. The van der Waals surface area contributed by atoms with E-state index in [4.69, 9.17) is 15.8 Å². The van der Waals surface area contributed by atoms with Crippen molar-refractivity contribution < 1.29 is 12.6 Å². The van der Waals surface area contributed by atoms with E-state index in [9.17, 15) is 8.42 Å². The molecule has 0 aromatic heterocycles. The summed E-state index contributed by atoms with van der Waals surface area (Å²) in [5, 5.41) is 0. The lowest BCUT2D eigenvalue weighted by atomic mass is 9.51. The van der Waals surface area contributed by atoms with Gasteiger partial charge in [-0.25, -0.2) is 0 Å². The van der Waals surface area contributed by atoms with Crippen LogP contribution in [0, 0.1) is 17.8 Å². The SMILES string of the molecule is CNS(=O)(=O)OCC1C2(Cl)CC3CC(C2)CC1(Br)C3. The summed E-state index contributed by atoms with van der Waals surface area (Å²) in [4.78, 5) is -0.295. The monoisotopic (exact) mass is 371 g/mol. The molecule has 4 bridgehead atoms. The zero-order valence-electron chi connectivity index (χ0n) is 10.9. The third-order valence-corrected chi connectivity index (χ3v) is 7.79. The molecule has 0 saturated heterocycles. The molecule has 7 heteroatoms. The van der Waals surface area contributed by atoms with Gasteiger partial charge in [0.25, 0.3) is 0 Å². The molecule has 0 radical (unpaired) electrons. The molecule has 1 N–H and O–H groups in total. The first-order chi connectivity index (χ1) is 8.76. The van der Waals surface area contributed by atoms with Crippen molar-refractivity contribution in [1.29, 1.82) is 0 Å². The van der Waals surface area contributed by atoms with Gasteiger partial charge in [-0.2, -0.15) is 13.1 Å². The third kappa shape index (κ3) is 2.48. The predicted octanol–water partition coefficient (Wildman–Crippen LogP) is 2.42. The highest BCUT2D eigenvalue weighted by molar-refractivity contribution is 9.10. The first kappa shape index (κ1) is 14.6. The van der Waals surface area contributed by atoms with Crippen molar-refractivity contribution in [2.24, 2.45) is 17.8 Å². The summed E-state index contributed by atoms with van der Waals surface area (Å²) < 4.78 is 30.1. The van der Waals surface area contributed by atoms with E-state index in [1.165, 1.54) is 13.5 Å². The van der Waals surface area contributed by atoms with Crippen molar-refractivity contribution in [2.75, 3.05) is 13.7 Å². The molecule has 110 valence electrons. The van der Waals surface area contributed by atoms with Gasteiger partial charge >= 0.3 is 10.3 Å². The van der Waals surface area contributed by atoms with Crippen LogP contribution >= 0.6 is 27.5 Å². The Balaban J connectivity index is 1.81. The van der Waals surface area contributed by atoms with Gasteiger partial charge in [0.2, 0.25) is 0 Å². The lowest BCUT2D eigenvalue weighted by Crippen LogP contribution is -2.62. The van der Waals surface area contributed by atoms with Crippen molar-refractivity contribution >= 4 is 37.8 Å². The molecule has 0 aromatic rings. The Labute approximate surface area is 128 Å². The second-order valence-electron chi connectivity index (χ2n) is 6.35. The van der Waals surface area contributed by atoms with E-state index in [0.717, 1.165) is 25.7 Å². The smallest absolute Gasteiger partial charge is 0.258 e. The summed E-state index contributed by atoms with van der Waals surface area (Å²) in [7, 11) is -2.28. The fourth-order valence-corrected chi connectivity index (χ4v) is 7.34. The molecule has 4 aliphatic rings. The van der Waals surface area contributed by atoms with E-state index >= 15 is 0 Å². The minimum absolute atomic E-state index is 0.0396. The summed E-state index contributed by atoms with van der Waals surface area (Å²) in [6.45, 7) is 0.164. The van der Waals surface area contributed by atoms with Crippen molar-refractivity contribution in [3.8, 4) is 0 Å². The average molecular weight is 373 g/mol. The molecular formula is C12H19BrClNO3S. The predicted molar refractivity (Wildman–Crippen MR) is 77.7 cm³/mol. The molecule has 4 aliphatic carbocycles. The maximum atomic E-state index is 11.5. The number of rotatable bonds is 4. The van der Waals surface area contributed by atoms with Gasteiger partial charge in [0.1, 0.15) is 0 Å². The van der Waals surface area contributed by atoms with Crippen LogP contribution in [0.5, 0.6) is 0 Å². The van der Waals surface area contributed by atoms with Gasteiger partial charge in [-0.15, -0.1) is 11.6 Å². The Morgan fingerprint density at radius 1 is 1.32 bits per heavy atom. The van der Waals surface area contributed by atoms with Crippen molar-refractivity contribution in [3.63, 3.8) is 0 Å². The van der Waals surface area contributed by atoms with Gasteiger partial charge in [0, 0.05) is 17.3 Å². The van der Waals surface area contributed by atoms with Crippen LogP contribution in [0.25, 0.3) is 0 Å². The minimum Gasteiger partial charge on any atom is -0.258 e. The van der Waals surface area contributed by atoms with Crippen LogP contribution < -0.4 is 4.72 Å². The molecule has 0 heterocycles. The summed E-state index contributed by atoms with van der Waals surface area (Å²) in [6, 6.07) is 0. The first-order valence-corrected chi connectivity index (χ1v) is 9.30. The van der Waals surface area contributed by atoms with Gasteiger partial charge in [-0.1, -0.05) is 15.9 Å². The number of nitrogens with one attached hydrogen (secondary N) is 1. The summed E-state index contributed by atoms with van der Waals surface area (Å²) in [5.41, 5.74) is 0. The molecule has 19 heavy (non-hydrogen) atoms. The Morgan fingerprint density at radius 3 is 2.37 bits per heavy atom. The maximum absolute atomic E-state index is 11.5. The van der Waals surface area contributed by atoms with Gasteiger partial charge in [-0.3, -0.25) is 4.18 Å². The Morgan fingerprint density at radius 2 is 1.89 bits per heavy atom. The summed E-state index contributed by atoms with van der Waals surface area (Å²) >= 11 is 10.7. The van der Waals surface area contributed by atoms with E-state index < -0.39 is 10.3 Å². The van der Waals surface area contributed by atoms with E-state index in [-0.39, 0.29) is 21.7 Å². The van der Waals surface area contributed by atoms with E-state index in [1.807, 2.05) is 0 Å². The highest BCUT2D eigenvalue weighted by atomic mass is 79.9. The van der Waals surface area contributed by atoms with Crippen LogP contribution in [0.3, 0.4) is 0 Å². The standard InChI is InChI=1S/C12H19BrClNO3S/c1-15-19(16,17)18-7-10-11(13)3-8-2-9(4-11)6-12(10,14)5-8/h8-10,15H,2-7H2,1H3. The van der Waals surface area contributed by atoms with Gasteiger partial charge in [0.15, 0.2) is 0 Å². The fourth-order valence-electron chi connectivity index (χ4n) is 4.58. The van der Waals surface area contributed by atoms with Gasteiger partial charge in [-0.05, 0) is 43.9 Å². The molecule has 0 amide bonds. The summed E-state index contributed by atoms with van der Waals surface area (Å²) in [5.74, 6) is 1.42. The summed E-state index contributed by atoms with van der Waals surface area (Å²) in [6.07, 6.45) is 5.44.